The molecule has 2 heterocycles. The van der Waals surface area contributed by atoms with E-state index in [-0.39, 0.29) is 22.9 Å². The second-order valence-electron chi connectivity index (χ2n) is 11.4. The summed E-state index contributed by atoms with van der Waals surface area (Å²) in [6.07, 6.45) is 3.80. The van der Waals surface area contributed by atoms with Gasteiger partial charge in [-0.15, -0.1) is 0 Å². The molecule has 3 aliphatic rings. The maximum atomic E-state index is 15.7. The van der Waals surface area contributed by atoms with Crippen molar-refractivity contribution in [3.05, 3.63) is 106 Å². The minimum absolute atomic E-state index is 0.138. The lowest BCUT2D eigenvalue weighted by atomic mass is 9.63. The number of hydrogen-bond donors (Lipinski definition) is 0. The van der Waals surface area contributed by atoms with E-state index in [2.05, 4.69) is 0 Å². The zero-order valence-corrected chi connectivity index (χ0v) is 21.3. The molecule has 4 nitrogen and oxygen atoms in total. The zero-order valence-electron chi connectivity index (χ0n) is 21.3. The van der Waals surface area contributed by atoms with E-state index >= 15 is 4.39 Å². The van der Waals surface area contributed by atoms with E-state index in [1.54, 1.807) is 42.5 Å². The highest BCUT2D eigenvalue weighted by Gasteiger charge is 2.72. The first-order valence-corrected chi connectivity index (χ1v) is 12.6. The van der Waals surface area contributed by atoms with Crippen LogP contribution in [0.4, 0.5) is 10.1 Å². The van der Waals surface area contributed by atoms with E-state index in [0.29, 0.717) is 11.1 Å². The van der Waals surface area contributed by atoms with Gasteiger partial charge in [0.15, 0.2) is 17.3 Å². The first-order valence-electron chi connectivity index (χ1n) is 12.6. The molecule has 1 aliphatic carbocycles. The van der Waals surface area contributed by atoms with Crippen molar-refractivity contribution in [2.45, 2.75) is 45.7 Å². The second kappa shape index (κ2) is 7.82. The third-order valence-electron chi connectivity index (χ3n) is 8.21. The fourth-order valence-electron chi connectivity index (χ4n) is 6.61. The highest BCUT2D eigenvalue weighted by molar-refractivity contribution is 6.32. The van der Waals surface area contributed by atoms with Gasteiger partial charge in [-0.3, -0.25) is 14.4 Å². The summed E-state index contributed by atoms with van der Waals surface area (Å²) >= 11 is 0. The summed E-state index contributed by atoms with van der Waals surface area (Å²) in [5.41, 5.74) is 1.15. The highest BCUT2D eigenvalue weighted by atomic mass is 19.1. The van der Waals surface area contributed by atoms with Crippen LogP contribution in [0.3, 0.4) is 0 Å². The van der Waals surface area contributed by atoms with Gasteiger partial charge in [0.1, 0.15) is 11.2 Å². The van der Waals surface area contributed by atoms with Gasteiger partial charge in [0.25, 0.3) is 0 Å². The Morgan fingerprint density at radius 1 is 0.919 bits per heavy atom. The van der Waals surface area contributed by atoms with Crippen LogP contribution in [0, 0.1) is 23.6 Å². The molecule has 5 heteroatoms. The van der Waals surface area contributed by atoms with Gasteiger partial charge >= 0.3 is 0 Å². The number of hydrogen-bond acceptors (Lipinski definition) is 4. The Kier molecular flexibility index (Phi) is 4.97. The van der Waals surface area contributed by atoms with Crippen molar-refractivity contribution in [3.63, 3.8) is 0 Å². The average Bonchev–Trinajstić information content (AvgIpc) is 3.29. The van der Waals surface area contributed by atoms with Crippen LogP contribution in [-0.2, 0) is 4.79 Å². The van der Waals surface area contributed by atoms with Crippen LogP contribution in [0.25, 0.3) is 6.08 Å². The minimum Gasteiger partial charge on any atom is -0.352 e. The van der Waals surface area contributed by atoms with Crippen LogP contribution in [0.2, 0.25) is 0 Å². The zero-order chi connectivity index (χ0) is 26.3. The summed E-state index contributed by atoms with van der Waals surface area (Å²) in [6.45, 7) is 7.48. The number of anilines is 1. The van der Waals surface area contributed by atoms with Crippen LogP contribution in [0.5, 0.6) is 0 Å². The van der Waals surface area contributed by atoms with Crippen molar-refractivity contribution in [1.29, 1.82) is 0 Å². The quantitative estimate of drug-likeness (QED) is 0.400. The molecule has 1 spiro atoms. The van der Waals surface area contributed by atoms with Crippen molar-refractivity contribution < 1.29 is 18.8 Å². The van der Waals surface area contributed by atoms with E-state index < -0.39 is 34.6 Å². The van der Waals surface area contributed by atoms with Gasteiger partial charge in [0.05, 0.1) is 12.1 Å². The fraction of sp³-hybridized carbons (Fsp3) is 0.281. The van der Waals surface area contributed by atoms with Gasteiger partial charge < -0.3 is 4.90 Å². The van der Waals surface area contributed by atoms with E-state index in [4.69, 9.17) is 0 Å². The Hall–Kier alpha value is -3.86. The topological polar surface area (TPSA) is 54.5 Å². The van der Waals surface area contributed by atoms with Gasteiger partial charge in [0, 0.05) is 28.1 Å². The Labute approximate surface area is 215 Å². The first-order chi connectivity index (χ1) is 17.6. The molecule has 0 amide bonds. The molecular formula is C32H28FNO3. The van der Waals surface area contributed by atoms with Gasteiger partial charge in [-0.2, -0.15) is 0 Å². The molecule has 186 valence electrons. The van der Waals surface area contributed by atoms with Crippen LogP contribution >= 0.6 is 0 Å². The largest absolute Gasteiger partial charge is 0.352 e. The van der Waals surface area contributed by atoms with Crippen molar-refractivity contribution in [2.24, 2.45) is 10.8 Å². The smallest absolute Gasteiger partial charge is 0.180 e. The number of halogens is 1. The van der Waals surface area contributed by atoms with Gasteiger partial charge in [0.2, 0.25) is 0 Å². The normalized spacial score (nSPS) is 23.3. The molecule has 6 rings (SSSR count). The van der Waals surface area contributed by atoms with Crippen LogP contribution in [0.15, 0.2) is 72.8 Å². The minimum atomic E-state index is -1.67. The van der Waals surface area contributed by atoms with E-state index in [0.717, 1.165) is 16.8 Å². The Morgan fingerprint density at radius 2 is 1.54 bits per heavy atom. The van der Waals surface area contributed by atoms with Crippen molar-refractivity contribution in [3.8, 4) is 0 Å². The molecule has 3 aromatic carbocycles. The van der Waals surface area contributed by atoms with E-state index in [1.165, 1.54) is 6.07 Å². The number of rotatable bonds is 2. The lowest BCUT2D eigenvalue weighted by Crippen LogP contribution is -2.49. The van der Waals surface area contributed by atoms with Crippen molar-refractivity contribution in [1.82, 2.24) is 0 Å². The van der Waals surface area contributed by atoms with E-state index in [1.807, 2.05) is 62.9 Å². The molecule has 1 saturated heterocycles. The van der Waals surface area contributed by atoms with Crippen LogP contribution in [-0.4, -0.2) is 29.4 Å². The van der Waals surface area contributed by atoms with Crippen LogP contribution in [0.1, 0.15) is 64.1 Å². The number of ketones is 3. The molecule has 0 radical (unpaired) electrons. The SMILES string of the molecule is Cc1ccc2c(c1)C=C[C@H]1N2[C@@H](C(=O)C(C)(C)C)[C@H](c2ccccc2F)C12C(=O)c1ccccc1C2=O. The number of carbonyl (C=O) groups is 3. The van der Waals surface area contributed by atoms with Crippen molar-refractivity contribution >= 4 is 29.1 Å². The summed E-state index contributed by atoms with van der Waals surface area (Å²) in [4.78, 5) is 45.1. The molecule has 0 saturated carbocycles. The summed E-state index contributed by atoms with van der Waals surface area (Å²) < 4.78 is 15.7. The molecule has 37 heavy (non-hydrogen) atoms. The lowest BCUT2D eigenvalue weighted by Gasteiger charge is -2.38. The summed E-state index contributed by atoms with van der Waals surface area (Å²) in [6, 6.07) is 17.3. The number of nitrogens with zero attached hydrogens (tertiary/aromatic N) is 1. The monoisotopic (exact) mass is 493 g/mol. The lowest BCUT2D eigenvalue weighted by molar-refractivity contribution is -0.127. The number of Topliss-reactive ketones (excluding diaryl/α,β-unsaturated/α-hetero) is 3. The van der Waals surface area contributed by atoms with Crippen LogP contribution < -0.4 is 4.90 Å². The number of aryl methyl sites for hydroxylation is 1. The van der Waals surface area contributed by atoms with Gasteiger partial charge in [-0.05, 0) is 36.2 Å². The predicted molar refractivity (Wildman–Crippen MR) is 141 cm³/mol. The molecule has 0 N–H and O–H groups in total. The Bertz CT molecular complexity index is 1490. The Morgan fingerprint density at radius 3 is 2.16 bits per heavy atom. The summed E-state index contributed by atoms with van der Waals surface area (Å²) in [5.74, 6) is -2.36. The van der Waals surface area contributed by atoms with Gasteiger partial charge in [-0.1, -0.05) is 87.0 Å². The fourth-order valence-corrected chi connectivity index (χ4v) is 6.61. The molecule has 3 aromatic rings. The second-order valence-corrected chi connectivity index (χ2v) is 11.4. The van der Waals surface area contributed by atoms with Gasteiger partial charge in [-0.25, -0.2) is 4.39 Å². The molecule has 0 bridgehead atoms. The van der Waals surface area contributed by atoms with Crippen molar-refractivity contribution in [2.75, 3.05) is 4.90 Å². The Balaban J connectivity index is 1.72. The predicted octanol–water partition coefficient (Wildman–Crippen LogP) is 6.18. The summed E-state index contributed by atoms with van der Waals surface area (Å²) in [7, 11) is 0. The van der Waals surface area contributed by atoms with E-state index in [9.17, 15) is 14.4 Å². The number of carbonyl (C=O) groups excluding carboxylic acids is 3. The summed E-state index contributed by atoms with van der Waals surface area (Å²) in [5, 5.41) is 0. The molecule has 3 atom stereocenters. The third kappa shape index (κ3) is 3.03. The number of benzene rings is 3. The first kappa shape index (κ1) is 23.5. The third-order valence-corrected chi connectivity index (χ3v) is 8.21. The number of fused-ring (bicyclic) bond motifs is 5. The molecule has 0 aromatic heterocycles. The highest BCUT2D eigenvalue weighted by Crippen LogP contribution is 2.61. The standard InChI is InChI=1S/C32H28FNO3/c1-18-13-15-24-19(17-18)14-16-25-32(28(35)20-9-5-6-10-21(20)29(32)36)26(22-11-7-8-12-23(22)33)27(34(24)25)30(37)31(2,3)4/h5-17,25-27H,1-4H3/t25-,26+,27-/m1/s1. The molecule has 0 unspecified atom stereocenters. The average molecular weight is 494 g/mol. The molecule has 2 aliphatic heterocycles. The molecular weight excluding hydrogens is 465 g/mol. The molecule has 1 fully saturated rings. The maximum absolute atomic E-state index is 15.7. The maximum Gasteiger partial charge on any atom is 0.180 e.